The van der Waals surface area contributed by atoms with Crippen LogP contribution in [0.25, 0.3) is 0 Å². The summed E-state index contributed by atoms with van der Waals surface area (Å²) in [5.41, 5.74) is -8.81. The summed E-state index contributed by atoms with van der Waals surface area (Å²) in [4.78, 5) is 101. The molecule has 0 rings (SSSR count). The monoisotopic (exact) mass is 1510 g/mol. The fourth-order valence-electron chi connectivity index (χ4n) is 17.7. The highest BCUT2D eigenvalue weighted by Gasteiger charge is 2.81. The second kappa shape index (κ2) is 62.8. The van der Waals surface area contributed by atoms with Crippen molar-refractivity contribution in [3.8, 4) is 0 Å². The Morgan fingerprint density at radius 3 is 0.366 bits per heavy atom. The average Bonchev–Trinajstić information content (AvgIpc) is 0.662. The summed E-state index contributed by atoms with van der Waals surface area (Å²) in [6, 6.07) is 0. The van der Waals surface area contributed by atoms with Crippen LogP contribution in [0.15, 0.2) is 0 Å². The smallest absolute Gasteiger partial charge is 0.327 e. The Bertz CT molecular complexity index is 1460. The molecule has 0 aliphatic carbocycles. The van der Waals surface area contributed by atoms with Crippen LogP contribution in [0.2, 0.25) is 0 Å². The lowest BCUT2D eigenvalue weighted by atomic mass is 9.40. The second-order valence-corrected chi connectivity index (χ2v) is 38.5. The van der Waals surface area contributed by atoms with Gasteiger partial charge in [-0.1, -0.05) is 419 Å². The van der Waals surface area contributed by atoms with Crippen LogP contribution in [0.5, 0.6) is 0 Å². The summed E-state index contributed by atoms with van der Waals surface area (Å²) < 4.78 is 31.0. The lowest BCUT2D eigenvalue weighted by Crippen LogP contribution is -2.82. The van der Waals surface area contributed by atoms with Crippen molar-refractivity contribution in [3.05, 3.63) is 0 Å². The third kappa shape index (κ3) is 47.3. The van der Waals surface area contributed by atoms with E-state index in [4.69, 9.17) is 18.1 Å². The largest absolute Gasteiger partial charge is 0.328 e. The summed E-state index contributed by atoms with van der Waals surface area (Å²) >= 11 is 0. The predicted octanol–water partition coefficient (Wildman–Crippen LogP) is 28.9. The lowest BCUT2D eigenvalue weighted by molar-refractivity contribution is -0.336. The first kappa shape index (κ1) is 102. The molecule has 0 saturated carbocycles. The third-order valence-electron chi connectivity index (χ3n) is 22.7. The molecule has 0 bridgehead atoms. The molecule has 16 heteroatoms. The Morgan fingerprint density at radius 2 is 0.267 bits per heavy atom. The average molecular weight is 1510 g/mol. The Hall–Kier alpha value is 1.24. The van der Waals surface area contributed by atoms with E-state index in [0.717, 1.165) is 257 Å². The van der Waals surface area contributed by atoms with E-state index < -0.39 is 62.2 Å². The molecule has 0 heterocycles. The molecule has 0 aromatic carbocycles. The van der Waals surface area contributed by atoms with Crippen molar-refractivity contribution in [2.24, 2.45) is 52.8 Å². The normalized spacial score (nSPS) is 13.4. The highest BCUT2D eigenvalue weighted by molar-refractivity contribution is 7.40. The third-order valence-corrected chi connectivity index (χ3v) is 24.7. The first-order chi connectivity index (χ1) is 48.0. The number of hydrogen-bond donors (Lipinski definition) is 8. The Morgan fingerprint density at radius 1 is 0.168 bits per heavy atom. The van der Waals surface area contributed by atoms with E-state index in [1.165, 1.54) is 0 Å². The quantitative estimate of drug-likeness (QED) is 0.0212. The van der Waals surface area contributed by atoms with Crippen molar-refractivity contribution in [2.75, 3.05) is 0 Å². The van der Waals surface area contributed by atoms with Crippen LogP contribution < -0.4 is 0 Å². The standard InChI is InChI=1S/C85H176O12P4/c1-73(2)57-41-25-17-33-49-65-81(94-98(86)87,66-50-34-18-26-42-58-74(3)4)85(82(95-99(88)89,67-51-35-19-27-43-59-75(5)6)68-52-36-20-28-44-60-76(7)8,83(96-100(90)91,69-53-37-21-29-45-61-77(9)10)70-54-38-22-30-46-62-78(11)12)84(97-101(92)93,71-55-39-23-31-47-63-79(13)14)72-56-40-24-32-48-64-80(15)16/h73-80,86-93H,17-72H2,1-16H3. The van der Waals surface area contributed by atoms with E-state index in [-0.39, 0.29) is 51.4 Å². The van der Waals surface area contributed by atoms with Gasteiger partial charge in [-0.25, -0.2) is 0 Å². The minimum atomic E-state index is -3.23. The van der Waals surface area contributed by atoms with Gasteiger partial charge in [-0.2, -0.15) is 0 Å². The molecule has 0 aromatic rings. The van der Waals surface area contributed by atoms with Crippen LogP contribution in [-0.4, -0.2) is 61.6 Å². The van der Waals surface area contributed by atoms with Crippen LogP contribution in [0.1, 0.15) is 470 Å². The molecule has 0 aromatic heterocycles. The van der Waals surface area contributed by atoms with Crippen molar-refractivity contribution in [3.63, 3.8) is 0 Å². The van der Waals surface area contributed by atoms with Crippen molar-refractivity contribution < 1.29 is 57.2 Å². The van der Waals surface area contributed by atoms with Crippen molar-refractivity contribution in [2.45, 2.75) is 493 Å². The predicted molar refractivity (Wildman–Crippen MR) is 440 cm³/mol. The van der Waals surface area contributed by atoms with Crippen molar-refractivity contribution in [1.82, 2.24) is 0 Å². The van der Waals surface area contributed by atoms with E-state index >= 15 is 0 Å². The highest BCUT2D eigenvalue weighted by atomic mass is 31.2. The van der Waals surface area contributed by atoms with Gasteiger partial charge in [0, 0.05) is 0 Å². The zero-order valence-corrected chi connectivity index (χ0v) is 73.3. The Balaban J connectivity index is 10.9. The molecule has 0 spiro atoms. The van der Waals surface area contributed by atoms with E-state index in [2.05, 4.69) is 111 Å². The van der Waals surface area contributed by atoms with Gasteiger partial charge >= 0.3 is 34.4 Å². The zero-order chi connectivity index (χ0) is 75.9. The number of unbranched alkanes of at least 4 members (excludes halogenated alkanes) is 32. The fourth-order valence-corrected chi connectivity index (χ4v) is 20.2. The molecule has 0 atom stereocenters. The minimum Gasteiger partial charge on any atom is -0.328 e. The molecule has 608 valence electrons. The Kier molecular flexibility index (Phi) is 63.6. The van der Waals surface area contributed by atoms with Crippen molar-refractivity contribution >= 4 is 34.4 Å². The molecule has 101 heavy (non-hydrogen) atoms. The molecule has 12 nitrogen and oxygen atoms in total. The number of rotatable bonds is 76. The molecule has 0 aliphatic heterocycles. The van der Waals surface area contributed by atoms with Gasteiger partial charge < -0.3 is 57.2 Å². The van der Waals surface area contributed by atoms with Gasteiger partial charge in [0.15, 0.2) is 0 Å². The summed E-state index contributed by atoms with van der Waals surface area (Å²) in [6.45, 7) is 36.6. The van der Waals surface area contributed by atoms with E-state index in [1.54, 1.807) is 0 Å². The van der Waals surface area contributed by atoms with Gasteiger partial charge in [-0.15, -0.1) is 0 Å². The van der Waals surface area contributed by atoms with Gasteiger partial charge in [-0.3, -0.25) is 0 Å². The summed E-state index contributed by atoms with van der Waals surface area (Å²) in [6.07, 6.45) is 47.5. The van der Waals surface area contributed by atoms with E-state index in [0.29, 0.717) is 98.7 Å². The molecule has 0 radical (unpaired) electrons. The van der Waals surface area contributed by atoms with Gasteiger partial charge in [0.2, 0.25) is 0 Å². The molecular formula is C85H176O12P4. The van der Waals surface area contributed by atoms with Gasteiger partial charge in [0.25, 0.3) is 0 Å². The first-order valence-electron chi connectivity index (χ1n) is 43.5. The fraction of sp³-hybridized carbons (Fsp3) is 1.00. The van der Waals surface area contributed by atoms with Crippen LogP contribution in [-0.2, 0) is 18.1 Å². The zero-order valence-electron chi connectivity index (χ0n) is 69.7. The molecule has 0 saturated heterocycles. The second-order valence-electron chi connectivity index (χ2n) is 35.7. The first-order valence-corrected chi connectivity index (χ1v) is 48.1. The Labute approximate surface area is 633 Å². The highest BCUT2D eigenvalue weighted by Crippen LogP contribution is 2.75. The maximum Gasteiger partial charge on any atom is 0.327 e. The number of hydrogen-bond acceptors (Lipinski definition) is 12. The lowest BCUT2D eigenvalue weighted by Gasteiger charge is -2.72. The van der Waals surface area contributed by atoms with Crippen LogP contribution in [0.3, 0.4) is 0 Å². The summed E-state index contributed by atoms with van der Waals surface area (Å²) in [7, 11) is -12.9. The SMILES string of the molecule is CC(C)CCCCCCCC(CCCCCCCC(C)C)(OP(O)O)C(C(CCCCCCCC(C)C)(CCCCCCCC(C)C)OP(O)O)(C(CCCCCCCC(C)C)(CCCCCCCC(C)C)OP(O)O)C(CCCCCCCC(C)C)(CCCCCCCC(C)C)OP(O)O. The minimum absolute atomic E-state index is 0.281. The van der Waals surface area contributed by atoms with Crippen molar-refractivity contribution in [1.29, 1.82) is 0 Å². The summed E-state index contributed by atoms with van der Waals surface area (Å²) in [5.74, 6) is 4.67. The van der Waals surface area contributed by atoms with Gasteiger partial charge in [-0.05, 0) is 98.7 Å². The van der Waals surface area contributed by atoms with E-state index in [1.807, 2.05) is 0 Å². The molecule has 8 N–H and O–H groups in total. The van der Waals surface area contributed by atoms with Crippen LogP contribution in [0, 0.1) is 52.8 Å². The van der Waals surface area contributed by atoms with Gasteiger partial charge in [0.05, 0.1) is 27.8 Å². The molecule has 0 unspecified atom stereocenters. The molecule has 0 amide bonds. The van der Waals surface area contributed by atoms with Crippen LogP contribution >= 0.6 is 34.4 Å². The van der Waals surface area contributed by atoms with Gasteiger partial charge in [0.1, 0.15) is 0 Å². The summed E-state index contributed by atoms with van der Waals surface area (Å²) in [5, 5.41) is 0. The maximum atomic E-state index is 12.6. The molecule has 0 fully saturated rings. The van der Waals surface area contributed by atoms with E-state index in [9.17, 15) is 39.1 Å². The molecule has 0 aliphatic rings. The molecular weight excluding hydrogens is 1340 g/mol. The topological polar surface area (TPSA) is 199 Å². The maximum absolute atomic E-state index is 12.6. The van der Waals surface area contributed by atoms with Crippen LogP contribution in [0.4, 0.5) is 0 Å².